The van der Waals surface area contributed by atoms with Crippen LogP contribution in [0, 0.1) is 26.6 Å². The Morgan fingerprint density at radius 1 is 1.06 bits per heavy atom. The molecule has 0 spiro atoms. The smallest absolute Gasteiger partial charge is 0.255 e. The lowest BCUT2D eigenvalue weighted by atomic mass is 10.2. The second-order valence-electron chi connectivity index (χ2n) is 8.04. The third-order valence-corrected chi connectivity index (χ3v) is 5.67. The second kappa shape index (κ2) is 8.96. The molecule has 0 saturated carbocycles. The SMILES string of the molecule is Cc1cc(NC(=O)CN2CCN(C(=O)c3cc(C)n(-c4ccc(F)cc4)c3C)CC2)no1. The third kappa shape index (κ3) is 4.57. The quantitative estimate of drug-likeness (QED) is 0.661. The van der Waals surface area contributed by atoms with E-state index in [0.717, 1.165) is 17.1 Å². The Morgan fingerprint density at radius 2 is 1.75 bits per heavy atom. The van der Waals surface area contributed by atoms with Crippen molar-refractivity contribution >= 4 is 17.6 Å². The zero-order valence-electron chi connectivity index (χ0n) is 18.4. The van der Waals surface area contributed by atoms with E-state index in [1.807, 2.05) is 34.3 Å². The molecule has 2 aromatic heterocycles. The first kappa shape index (κ1) is 21.8. The van der Waals surface area contributed by atoms with Gasteiger partial charge in [0.2, 0.25) is 5.91 Å². The molecule has 3 aromatic rings. The number of nitrogens with one attached hydrogen (secondary N) is 1. The Balaban J connectivity index is 1.37. The van der Waals surface area contributed by atoms with Crippen LogP contribution in [-0.4, -0.2) is 64.1 Å². The predicted octanol–water partition coefficient (Wildman–Crippen LogP) is 2.93. The molecule has 0 atom stereocenters. The number of halogens is 1. The summed E-state index contributed by atoms with van der Waals surface area (Å²) in [6.07, 6.45) is 0. The van der Waals surface area contributed by atoms with Crippen LogP contribution in [0.5, 0.6) is 0 Å². The largest absolute Gasteiger partial charge is 0.360 e. The standard InChI is InChI=1S/C23H26FN5O3/c1-15-12-20(17(3)29(15)19-6-4-18(24)5-7-19)23(31)28-10-8-27(9-11-28)14-22(30)25-21-13-16(2)32-26-21/h4-7,12-13H,8-11,14H2,1-3H3,(H,25,26,30). The van der Waals surface area contributed by atoms with E-state index >= 15 is 0 Å². The van der Waals surface area contributed by atoms with Gasteiger partial charge in [0.25, 0.3) is 5.91 Å². The van der Waals surface area contributed by atoms with Gasteiger partial charge in [0.1, 0.15) is 11.6 Å². The maximum Gasteiger partial charge on any atom is 0.255 e. The molecule has 1 aromatic carbocycles. The lowest BCUT2D eigenvalue weighted by Crippen LogP contribution is -2.50. The van der Waals surface area contributed by atoms with Crippen molar-refractivity contribution in [1.29, 1.82) is 0 Å². The monoisotopic (exact) mass is 439 g/mol. The van der Waals surface area contributed by atoms with Crippen molar-refractivity contribution in [3.63, 3.8) is 0 Å². The van der Waals surface area contributed by atoms with E-state index in [1.54, 1.807) is 25.1 Å². The van der Waals surface area contributed by atoms with Crippen LogP contribution < -0.4 is 5.32 Å². The van der Waals surface area contributed by atoms with E-state index in [1.165, 1.54) is 12.1 Å². The van der Waals surface area contributed by atoms with Gasteiger partial charge in [-0.1, -0.05) is 5.16 Å². The summed E-state index contributed by atoms with van der Waals surface area (Å²) < 4.78 is 20.2. The van der Waals surface area contributed by atoms with Crippen LogP contribution in [0.25, 0.3) is 5.69 Å². The van der Waals surface area contributed by atoms with Gasteiger partial charge in [-0.3, -0.25) is 14.5 Å². The highest BCUT2D eigenvalue weighted by Crippen LogP contribution is 2.23. The van der Waals surface area contributed by atoms with E-state index < -0.39 is 0 Å². The lowest BCUT2D eigenvalue weighted by Gasteiger charge is -2.34. The van der Waals surface area contributed by atoms with E-state index in [0.29, 0.717) is 43.3 Å². The molecule has 1 aliphatic rings. The topological polar surface area (TPSA) is 83.6 Å². The normalized spacial score (nSPS) is 14.6. The molecule has 168 valence electrons. The molecule has 0 aliphatic carbocycles. The lowest BCUT2D eigenvalue weighted by molar-refractivity contribution is -0.117. The number of aryl methyl sites for hydroxylation is 2. The van der Waals surface area contributed by atoms with Crippen LogP contribution in [0.3, 0.4) is 0 Å². The van der Waals surface area contributed by atoms with Gasteiger partial charge in [-0.15, -0.1) is 0 Å². The molecule has 4 rings (SSSR count). The highest BCUT2D eigenvalue weighted by Gasteiger charge is 2.26. The van der Waals surface area contributed by atoms with Crippen molar-refractivity contribution in [2.45, 2.75) is 20.8 Å². The zero-order valence-corrected chi connectivity index (χ0v) is 18.4. The number of piperazine rings is 1. The number of anilines is 1. The highest BCUT2D eigenvalue weighted by atomic mass is 19.1. The molecule has 1 aliphatic heterocycles. The van der Waals surface area contributed by atoms with Crippen LogP contribution >= 0.6 is 0 Å². The summed E-state index contributed by atoms with van der Waals surface area (Å²) in [5.74, 6) is 0.536. The molecule has 0 unspecified atom stereocenters. The number of benzene rings is 1. The molecule has 1 N–H and O–H groups in total. The summed E-state index contributed by atoms with van der Waals surface area (Å²) in [7, 11) is 0. The van der Waals surface area contributed by atoms with Crippen LogP contribution in [0.4, 0.5) is 10.2 Å². The summed E-state index contributed by atoms with van der Waals surface area (Å²) in [5.41, 5.74) is 3.19. The number of hydrogen-bond acceptors (Lipinski definition) is 5. The molecular weight excluding hydrogens is 413 g/mol. The molecule has 0 radical (unpaired) electrons. The maximum atomic E-state index is 13.3. The third-order valence-electron chi connectivity index (χ3n) is 5.67. The number of carbonyl (C=O) groups is 2. The van der Waals surface area contributed by atoms with Crippen molar-refractivity contribution in [1.82, 2.24) is 19.5 Å². The minimum Gasteiger partial charge on any atom is -0.360 e. The average Bonchev–Trinajstić information content (AvgIpc) is 3.30. The number of amides is 2. The van der Waals surface area contributed by atoms with Crippen LogP contribution in [0.15, 0.2) is 40.9 Å². The summed E-state index contributed by atoms with van der Waals surface area (Å²) in [4.78, 5) is 29.2. The fourth-order valence-electron chi connectivity index (χ4n) is 4.06. The molecule has 2 amide bonds. The summed E-state index contributed by atoms with van der Waals surface area (Å²) in [6.45, 7) is 8.10. The maximum absolute atomic E-state index is 13.3. The molecule has 9 heteroatoms. The van der Waals surface area contributed by atoms with Gasteiger partial charge < -0.3 is 19.3 Å². The van der Waals surface area contributed by atoms with Gasteiger partial charge in [-0.05, 0) is 51.1 Å². The highest BCUT2D eigenvalue weighted by molar-refractivity contribution is 5.96. The Labute approximate surface area is 185 Å². The average molecular weight is 439 g/mol. The summed E-state index contributed by atoms with van der Waals surface area (Å²) >= 11 is 0. The van der Waals surface area contributed by atoms with E-state index in [-0.39, 0.29) is 24.2 Å². The second-order valence-corrected chi connectivity index (χ2v) is 8.04. The Morgan fingerprint density at radius 3 is 2.38 bits per heavy atom. The first-order valence-electron chi connectivity index (χ1n) is 10.5. The fourth-order valence-corrected chi connectivity index (χ4v) is 4.06. The summed E-state index contributed by atoms with van der Waals surface area (Å²) in [6, 6.07) is 9.77. The van der Waals surface area contributed by atoms with Crippen LogP contribution in [0.1, 0.15) is 27.5 Å². The van der Waals surface area contributed by atoms with Crippen molar-refractivity contribution in [3.05, 3.63) is 64.9 Å². The van der Waals surface area contributed by atoms with Crippen molar-refractivity contribution in [2.24, 2.45) is 0 Å². The van der Waals surface area contributed by atoms with Gasteiger partial charge >= 0.3 is 0 Å². The van der Waals surface area contributed by atoms with Crippen LogP contribution in [-0.2, 0) is 4.79 Å². The molecule has 0 bridgehead atoms. The number of carbonyl (C=O) groups excluding carboxylic acids is 2. The van der Waals surface area contributed by atoms with Crippen LogP contribution in [0.2, 0.25) is 0 Å². The molecule has 3 heterocycles. The minimum atomic E-state index is -0.296. The number of hydrogen-bond donors (Lipinski definition) is 1. The fraction of sp³-hybridized carbons (Fsp3) is 0.348. The zero-order chi connectivity index (χ0) is 22.8. The van der Waals surface area contributed by atoms with Gasteiger partial charge in [-0.25, -0.2) is 4.39 Å². The summed E-state index contributed by atoms with van der Waals surface area (Å²) in [5, 5.41) is 6.48. The van der Waals surface area contributed by atoms with Crippen molar-refractivity contribution < 1.29 is 18.5 Å². The predicted molar refractivity (Wildman–Crippen MR) is 117 cm³/mol. The van der Waals surface area contributed by atoms with E-state index in [4.69, 9.17) is 4.52 Å². The Hall–Kier alpha value is -3.46. The molecule has 8 nitrogen and oxygen atoms in total. The van der Waals surface area contributed by atoms with E-state index in [9.17, 15) is 14.0 Å². The Kier molecular flexibility index (Phi) is 6.09. The molecular formula is C23H26FN5O3. The van der Waals surface area contributed by atoms with Gasteiger partial charge in [-0.2, -0.15) is 0 Å². The molecule has 1 fully saturated rings. The van der Waals surface area contributed by atoms with Crippen molar-refractivity contribution in [2.75, 3.05) is 38.0 Å². The number of rotatable bonds is 5. The van der Waals surface area contributed by atoms with E-state index in [2.05, 4.69) is 10.5 Å². The molecule has 1 saturated heterocycles. The number of nitrogens with zero attached hydrogens (tertiary/aromatic N) is 4. The first-order chi connectivity index (χ1) is 15.3. The van der Waals surface area contributed by atoms with Crippen molar-refractivity contribution in [3.8, 4) is 5.69 Å². The number of aromatic nitrogens is 2. The van der Waals surface area contributed by atoms with Gasteiger partial charge in [0, 0.05) is 49.3 Å². The van der Waals surface area contributed by atoms with Gasteiger partial charge in [0.15, 0.2) is 5.82 Å². The molecule has 32 heavy (non-hydrogen) atoms. The first-order valence-corrected chi connectivity index (χ1v) is 10.5. The minimum absolute atomic E-state index is 0.0337. The van der Waals surface area contributed by atoms with Gasteiger partial charge in [0.05, 0.1) is 12.1 Å². The Bertz CT molecular complexity index is 1130.